The minimum Gasteiger partial charge on any atom is -0.455 e. The number of furan rings is 1. The average molecular weight is 836 g/mol. The van der Waals surface area contributed by atoms with Crippen LogP contribution in [-0.2, 0) is 10.8 Å². The summed E-state index contributed by atoms with van der Waals surface area (Å²) in [6.07, 6.45) is 0. The number of anilines is 3. The van der Waals surface area contributed by atoms with Crippen LogP contribution >= 0.6 is 0 Å². The number of hydrogen-bond donors (Lipinski definition) is 0. The van der Waals surface area contributed by atoms with Gasteiger partial charge < -0.3 is 9.32 Å². The Kier molecular flexibility index (Phi) is 8.80. The van der Waals surface area contributed by atoms with Crippen LogP contribution in [0.3, 0.4) is 0 Å². The molecule has 1 aromatic heterocycles. The SMILES string of the molecule is CC(C)(C)c1ccc(-c2ccc(N(c3ccccc3)c3ccc(-c4cccc5c4oc4c6c(cc(-c7cc8ccccc8c8ccccc78)c45)C(C)(C)c4ccccc4-6)cc3)cc2)cc1. The van der Waals surface area contributed by atoms with E-state index < -0.39 is 0 Å². The number of benzene rings is 10. The Hall–Kier alpha value is -7.68. The summed E-state index contributed by atoms with van der Waals surface area (Å²) in [5.41, 5.74) is 18.5. The van der Waals surface area contributed by atoms with E-state index in [-0.39, 0.29) is 10.8 Å². The Bertz CT molecular complexity index is 3620. The molecule has 1 heterocycles. The van der Waals surface area contributed by atoms with E-state index in [1.165, 1.54) is 71.6 Å². The highest BCUT2D eigenvalue weighted by Crippen LogP contribution is 2.56. The smallest absolute Gasteiger partial charge is 0.144 e. The third-order valence-corrected chi connectivity index (χ3v) is 14.0. The van der Waals surface area contributed by atoms with Crippen molar-refractivity contribution in [3.63, 3.8) is 0 Å². The molecular formula is C63H49NO. The molecular weight excluding hydrogens is 787 g/mol. The van der Waals surface area contributed by atoms with Crippen LogP contribution in [0.25, 0.3) is 88.0 Å². The predicted molar refractivity (Wildman–Crippen MR) is 276 cm³/mol. The predicted octanol–water partition coefficient (Wildman–Crippen LogP) is 18.0. The van der Waals surface area contributed by atoms with Crippen molar-refractivity contribution < 1.29 is 4.42 Å². The van der Waals surface area contributed by atoms with Gasteiger partial charge in [-0.15, -0.1) is 0 Å². The zero-order valence-corrected chi connectivity index (χ0v) is 37.5. The molecule has 2 nitrogen and oxygen atoms in total. The molecule has 0 atom stereocenters. The number of rotatable bonds is 6. The van der Waals surface area contributed by atoms with E-state index in [1.807, 2.05) is 0 Å². The molecule has 0 saturated carbocycles. The van der Waals surface area contributed by atoms with E-state index in [0.717, 1.165) is 50.1 Å². The van der Waals surface area contributed by atoms with Gasteiger partial charge in [-0.3, -0.25) is 0 Å². The van der Waals surface area contributed by atoms with Gasteiger partial charge in [0.25, 0.3) is 0 Å². The fourth-order valence-electron chi connectivity index (χ4n) is 10.6. The number of para-hydroxylation sites is 2. The van der Waals surface area contributed by atoms with E-state index in [2.05, 4.69) is 246 Å². The van der Waals surface area contributed by atoms with Crippen LogP contribution in [0, 0.1) is 0 Å². The van der Waals surface area contributed by atoms with Crippen molar-refractivity contribution >= 4 is 60.5 Å². The topological polar surface area (TPSA) is 16.4 Å². The highest BCUT2D eigenvalue weighted by Gasteiger charge is 2.39. The van der Waals surface area contributed by atoms with Gasteiger partial charge in [-0.1, -0.05) is 192 Å². The summed E-state index contributed by atoms with van der Waals surface area (Å²) in [5.74, 6) is 0. The summed E-state index contributed by atoms with van der Waals surface area (Å²) in [5, 5.41) is 7.29. The summed E-state index contributed by atoms with van der Waals surface area (Å²) in [6, 6.07) is 75.6. The van der Waals surface area contributed by atoms with E-state index in [9.17, 15) is 0 Å². The summed E-state index contributed by atoms with van der Waals surface area (Å²) in [6.45, 7) is 11.5. The van der Waals surface area contributed by atoms with Crippen LogP contribution < -0.4 is 4.90 Å². The maximum absolute atomic E-state index is 7.37. The zero-order chi connectivity index (χ0) is 44.0. The summed E-state index contributed by atoms with van der Waals surface area (Å²) < 4.78 is 7.37. The third-order valence-electron chi connectivity index (χ3n) is 14.0. The third kappa shape index (κ3) is 6.23. The normalized spacial score (nSPS) is 13.1. The summed E-state index contributed by atoms with van der Waals surface area (Å²) >= 11 is 0. The quantitative estimate of drug-likeness (QED) is 0.155. The molecule has 0 amide bonds. The first-order valence-electron chi connectivity index (χ1n) is 22.8. The van der Waals surface area contributed by atoms with E-state index in [4.69, 9.17) is 4.42 Å². The summed E-state index contributed by atoms with van der Waals surface area (Å²) in [4.78, 5) is 2.33. The Labute approximate surface area is 381 Å². The number of nitrogens with zero attached hydrogens (tertiary/aromatic N) is 1. The van der Waals surface area contributed by atoms with Gasteiger partial charge in [0.05, 0.1) is 0 Å². The monoisotopic (exact) mass is 835 g/mol. The van der Waals surface area contributed by atoms with Crippen LogP contribution in [0.5, 0.6) is 0 Å². The molecule has 0 aliphatic heterocycles. The zero-order valence-electron chi connectivity index (χ0n) is 37.5. The van der Waals surface area contributed by atoms with Crippen molar-refractivity contribution in [2.45, 2.75) is 45.4 Å². The molecule has 12 rings (SSSR count). The number of fused-ring (bicyclic) bond motifs is 10. The summed E-state index contributed by atoms with van der Waals surface area (Å²) in [7, 11) is 0. The van der Waals surface area contributed by atoms with Crippen LogP contribution in [0.15, 0.2) is 211 Å². The second kappa shape index (κ2) is 14.7. The maximum Gasteiger partial charge on any atom is 0.144 e. The van der Waals surface area contributed by atoms with Gasteiger partial charge in [-0.05, 0) is 126 Å². The van der Waals surface area contributed by atoms with Gasteiger partial charge in [-0.2, -0.15) is 0 Å². The van der Waals surface area contributed by atoms with Crippen molar-refractivity contribution in [1.82, 2.24) is 0 Å². The number of hydrogen-bond acceptors (Lipinski definition) is 2. The Morgan fingerprint density at radius 3 is 1.66 bits per heavy atom. The molecule has 2 heteroatoms. The van der Waals surface area contributed by atoms with Crippen molar-refractivity contribution in [3.8, 4) is 44.5 Å². The van der Waals surface area contributed by atoms with Crippen LogP contribution in [-0.4, -0.2) is 0 Å². The molecule has 1 aliphatic carbocycles. The van der Waals surface area contributed by atoms with Crippen LogP contribution in [0.1, 0.15) is 51.3 Å². The Morgan fingerprint density at radius 1 is 0.400 bits per heavy atom. The van der Waals surface area contributed by atoms with E-state index in [0.29, 0.717) is 0 Å². The molecule has 0 N–H and O–H groups in total. The van der Waals surface area contributed by atoms with Gasteiger partial charge in [0, 0.05) is 44.4 Å². The molecule has 0 spiro atoms. The molecule has 0 bridgehead atoms. The second-order valence-corrected chi connectivity index (χ2v) is 19.3. The highest BCUT2D eigenvalue weighted by atomic mass is 16.3. The first-order valence-corrected chi connectivity index (χ1v) is 22.8. The molecule has 1 aliphatic rings. The Balaban J connectivity index is 1.01. The fourth-order valence-corrected chi connectivity index (χ4v) is 10.6. The van der Waals surface area contributed by atoms with Crippen molar-refractivity contribution in [2.24, 2.45) is 0 Å². The van der Waals surface area contributed by atoms with E-state index in [1.54, 1.807) is 0 Å². The maximum atomic E-state index is 7.37. The largest absolute Gasteiger partial charge is 0.455 e. The molecule has 0 unspecified atom stereocenters. The fraction of sp³-hybridized carbons (Fsp3) is 0.111. The van der Waals surface area contributed by atoms with Gasteiger partial charge >= 0.3 is 0 Å². The van der Waals surface area contributed by atoms with Crippen molar-refractivity contribution in [2.75, 3.05) is 4.90 Å². The molecule has 10 aromatic carbocycles. The lowest BCUT2D eigenvalue weighted by atomic mass is 9.80. The molecule has 0 radical (unpaired) electrons. The lowest BCUT2D eigenvalue weighted by Crippen LogP contribution is -2.15. The van der Waals surface area contributed by atoms with Gasteiger partial charge in [0.2, 0.25) is 0 Å². The minimum atomic E-state index is -0.207. The van der Waals surface area contributed by atoms with Crippen LogP contribution in [0.2, 0.25) is 0 Å². The molecule has 0 fully saturated rings. The lowest BCUT2D eigenvalue weighted by molar-refractivity contribution is 0.590. The standard InChI is InChI=1S/C63H49NO/c1-62(2,3)44-32-26-40(27-33-44)41-28-34-46(35-29-41)64(45-17-7-6-8-18-45)47-36-30-42(31-37-47)49-23-15-24-53-58-55(54-38-43-16-9-10-19-48(43)50-20-11-12-21-51(50)54)39-57-59(61(58)65-60(49)53)52-22-13-14-25-56(52)63(57,4)5/h6-39H,1-5H3. The van der Waals surface area contributed by atoms with E-state index >= 15 is 0 Å². The molecule has 0 saturated heterocycles. The minimum absolute atomic E-state index is 0.120. The van der Waals surface area contributed by atoms with Crippen LogP contribution in [0.4, 0.5) is 17.1 Å². The molecule has 11 aromatic rings. The van der Waals surface area contributed by atoms with Crippen molar-refractivity contribution in [1.29, 1.82) is 0 Å². The van der Waals surface area contributed by atoms with Crippen molar-refractivity contribution in [3.05, 3.63) is 223 Å². The van der Waals surface area contributed by atoms with Gasteiger partial charge in [0.1, 0.15) is 11.2 Å². The lowest BCUT2D eigenvalue weighted by Gasteiger charge is -2.26. The van der Waals surface area contributed by atoms with Gasteiger partial charge in [0.15, 0.2) is 0 Å². The average Bonchev–Trinajstić information content (AvgIpc) is 3.84. The first kappa shape index (κ1) is 39.0. The Morgan fingerprint density at radius 2 is 0.954 bits per heavy atom. The molecule has 312 valence electrons. The second-order valence-electron chi connectivity index (χ2n) is 19.3. The first-order chi connectivity index (χ1) is 31.6. The molecule has 65 heavy (non-hydrogen) atoms. The highest BCUT2D eigenvalue weighted by molar-refractivity contribution is 6.24. The van der Waals surface area contributed by atoms with Gasteiger partial charge in [-0.25, -0.2) is 0 Å².